The van der Waals surface area contributed by atoms with Gasteiger partial charge >= 0.3 is 0 Å². The Balaban J connectivity index is 2.31. The third kappa shape index (κ3) is 6.36. The minimum Gasteiger partial charge on any atom is -0.351 e. The normalized spacial score (nSPS) is 11.4. The number of carbonyl (C=O) groups is 1. The SMILES string of the molecule is CC(C)(C)CNCCNC(=O)c1cccc(CN)c1. The highest BCUT2D eigenvalue weighted by atomic mass is 16.1. The number of hydrogen-bond donors (Lipinski definition) is 3. The van der Waals surface area contributed by atoms with E-state index in [-0.39, 0.29) is 11.3 Å². The molecule has 0 saturated carbocycles. The Morgan fingerprint density at radius 1 is 1.26 bits per heavy atom. The predicted molar refractivity (Wildman–Crippen MR) is 79.0 cm³/mol. The molecule has 106 valence electrons. The second-order valence-corrected chi connectivity index (χ2v) is 5.90. The molecule has 1 aromatic rings. The molecule has 0 atom stereocenters. The molecule has 1 amide bonds. The van der Waals surface area contributed by atoms with E-state index in [2.05, 4.69) is 31.4 Å². The van der Waals surface area contributed by atoms with Crippen molar-refractivity contribution in [3.63, 3.8) is 0 Å². The zero-order valence-electron chi connectivity index (χ0n) is 12.1. The lowest BCUT2D eigenvalue weighted by molar-refractivity contribution is 0.0953. The van der Waals surface area contributed by atoms with E-state index in [9.17, 15) is 4.79 Å². The lowest BCUT2D eigenvalue weighted by Gasteiger charge is -2.18. The molecule has 1 rings (SSSR count). The smallest absolute Gasteiger partial charge is 0.251 e. The van der Waals surface area contributed by atoms with Crippen LogP contribution in [0.4, 0.5) is 0 Å². The third-order valence-corrected chi connectivity index (χ3v) is 2.67. The van der Waals surface area contributed by atoms with E-state index >= 15 is 0 Å². The first-order chi connectivity index (χ1) is 8.92. The average Bonchev–Trinajstić information content (AvgIpc) is 2.37. The molecule has 0 fully saturated rings. The molecule has 4 nitrogen and oxygen atoms in total. The van der Waals surface area contributed by atoms with Crippen molar-refractivity contribution in [3.8, 4) is 0 Å². The van der Waals surface area contributed by atoms with Gasteiger partial charge < -0.3 is 16.4 Å². The molecule has 1 aromatic carbocycles. The summed E-state index contributed by atoms with van der Waals surface area (Å²) in [5, 5.41) is 6.21. The van der Waals surface area contributed by atoms with Crippen LogP contribution in [-0.2, 0) is 6.54 Å². The molecule has 0 bridgehead atoms. The van der Waals surface area contributed by atoms with Crippen molar-refractivity contribution in [2.75, 3.05) is 19.6 Å². The van der Waals surface area contributed by atoms with Gasteiger partial charge in [-0.2, -0.15) is 0 Å². The molecule has 0 unspecified atom stereocenters. The van der Waals surface area contributed by atoms with Crippen LogP contribution in [0.1, 0.15) is 36.7 Å². The van der Waals surface area contributed by atoms with Gasteiger partial charge in [0.15, 0.2) is 0 Å². The summed E-state index contributed by atoms with van der Waals surface area (Å²) in [6, 6.07) is 7.41. The highest BCUT2D eigenvalue weighted by molar-refractivity contribution is 5.94. The Hall–Kier alpha value is -1.39. The van der Waals surface area contributed by atoms with Crippen LogP contribution in [0.15, 0.2) is 24.3 Å². The van der Waals surface area contributed by atoms with E-state index in [1.54, 1.807) is 6.07 Å². The van der Waals surface area contributed by atoms with Crippen molar-refractivity contribution in [2.45, 2.75) is 27.3 Å². The van der Waals surface area contributed by atoms with Gasteiger partial charge in [-0.1, -0.05) is 32.9 Å². The first-order valence-electron chi connectivity index (χ1n) is 6.70. The number of hydrogen-bond acceptors (Lipinski definition) is 3. The second-order valence-electron chi connectivity index (χ2n) is 5.90. The number of rotatable bonds is 6. The van der Waals surface area contributed by atoms with Gasteiger partial charge in [0, 0.05) is 31.7 Å². The summed E-state index contributed by atoms with van der Waals surface area (Å²) < 4.78 is 0. The van der Waals surface area contributed by atoms with Crippen molar-refractivity contribution < 1.29 is 4.79 Å². The topological polar surface area (TPSA) is 67.1 Å². The predicted octanol–water partition coefficient (Wildman–Crippen LogP) is 1.51. The summed E-state index contributed by atoms with van der Waals surface area (Å²) in [7, 11) is 0. The maximum atomic E-state index is 11.9. The molecule has 0 aliphatic heterocycles. The Labute approximate surface area is 115 Å². The molecule has 19 heavy (non-hydrogen) atoms. The monoisotopic (exact) mass is 263 g/mol. The van der Waals surface area contributed by atoms with Gasteiger partial charge in [-0.05, 0) is 23.1 Å². The lowest BCUT2D eigenvalue weighted by atomic mass is 9.97. The van der Waals surface area contributed by atoms with Crippen molar-refractivity contribution >= 4 is 5.91 Å². The Kier molecular flexibility index (Phi) is 5.99. The van der Waals surface area contributed by atoms with E-state index in [1.807, 2.05) is 18.2 Å². The number of benzene rings is 1. The average molecular weight is 263 g/mol. The molecule has 0 radical (unpaired) electrons. The minimum atomic E-state index is -0.0483. The summed E-state index contributed by atoms with van der Waals surface area (Å²) in [5.41, 5.74) is 7.46. The van der Waals surface area contributed by atoms with Gasteiger partial charge in [0.25, 0.3) is 5.91 Å². The van der Waals surface area contributed by atoms with E-state index in [0.717, 1.165) is 18.7 Å². The van der Waals surface area contributed by atoms with E-state index in [1.165, 1.54) is 0 Å². The number of carbonyl (C=O) groups excluding carboxylic acids is 1. The van der Waals surface area contributed by atoms with Crippen LogP contribution in [0.2, 0.25) is 0 Å². The van der Waals surface area contributed by atoms with Crippen LogP contribution >= 0.6 is 0 Å². The number of amides is 1. The first-order valence-corrected chi connectivity index (χ1v) is 6.70. The van der Waals surface area contributed by atoms with Crippen LogP contribution < -0.4 is 16.4 Å². The van der Waals surface area contributed by atoms with Crippen molar-refractivity contribution in [1.82, 2.24) is 10.6 Å². The van der Waals surface area contributed by atoms with Crippen molar-refractivity contribution in [3.05, 3.63) is 35.4 Å². The summed E-state index contributed by atoms with van der Waals surface area (Å²) in [6.45, 7) is 9.33. The van der Waals surface area contributed by atoms with E-state index < -0.39 is 0 Å². The van der Waals surface area contributed by atoms with E-state index in [0.29, 0.717) is 18.7 Å². The quantitative estimate of drug-likeness (QED) is 0.682. The van der Waals surface area contributed by atoms with Crippen LogP contribution in [-0.4, -0.2) is 25.5 Å². The van der Waals surface area contributed by atoms with Gasteiger partial charge in [0.1, 0.15) is 0 Å². The first kappa shape index (κ1) is 15.7. The van der Waals surface area contributed by atoms with Gasteiger partial charge in [-0.3, -0.25) is 4.79 Å². The molecule has 0 aliphatic carbocycles. The lowest BCUT2D eigenvalue weighted by Crippen LogP contribution is -2.35. The van der Waals surface area contributed by atoms with Crippen molar-refractivity contribution in [1.29, 1.82) is 0 Å². The zero-order chi connectivity index (χ0) is 14.3. The number of nitrogens with one attached hydrogen (secondary N) is 2. The highest BCUT2D eigenvalue weighted by Gasteiger charge is 2.09. The van der Waals surface area contributed by atoms with Crippen LogP contribution in [0, 0.1) is 5.41 Å². The van der Waals surface area contributed by atoms with E-state index in [4.69, 9.17) is 5.73 Å². The molecule has 0 saturated heterocycles. The zero-order valence-corrected chi connectivity index (χ0v) is 12.1. The minimum absolute atomic E-state index is 0.0483. The Bertz CT molecular complexity index is 410. The molecule has 0 heterocycles. The molecule has 4 N–H and O–H groups in total. The molecular formula is C15H25N3O. The van der Waals surface area contributed by atoms with Gasteiger partial charge in [0.05, 0.1) is 0 Å². The largest absolute Gasteiger partial charge is 0.351 e. The summed E-state index contributed by atoms with van der Waals surface area (Å²) >= 11 is 0. The maximum Gasteiger partial charge on any atom is 0.251 e. The third-order valence-electron chi connectivity index (χ3n) is 2.67. The fourth-order valence-electron chi connectivity index (χ4n) is 1.67. The number of nitrogens with two attached hydrogens (primary N) is 1. The van der Waals surface area contributed by atoms with Crippen molar-refractivity contribution in [2.24, 2.45) is 11.1 Å². The maximum absolute atomic E-state index is 11.9. The fourth-order valence-corrected chi connectivity index (χ4v) is 1.67. The molecule has 0 spiro atoms. The van der Waals surface area contributed by atoms with Crippen LogP contribution in [0.5, 0.6) is 0 Å². The van der Waals surface area contributed by atoms with Crippen LogP contribution in [0.25, 0.3) is 0 Å². The second kappa shape index (κ2) is 7.26. The standard InChI is InChI=1S/C15H25N3O/c1-15(2,3)11-17-7-8-18-14(19)13-6-4-5-12(9-13)10-16/h4-6,9,17H,7-8,10-11,16H2,1-3H3,(H,18,19). The van der Waals surface area contributed by atoms with Gasteiger partial charge in [-0.25, -0.2) is 0 Å². The van der Waals surface area contributed by atoms with Gasteiger partial charge in [0.2, 0.25) is 0 Å². The molecule has 0 aliphatic rings. The molecule has 4 heteroatoms. The summed E-state index contributed by atoms with van der Waals surface area (Å²) in [6.07, 6.45) is 0. The van der Waals surface area contributed by atoms with Crippen LogP contribution in [0.3, 0.4) is 0 Å². The molecule has 0 aromatic heterocycles. The summed E-state index contributed by atoms with van der Waals surface area (Å²) in [5.74, 6) is -0.0483. The Morgan fingerprint density at radius 3 is 2.63 bits per heavy atom. The fraction of sp³-hybridized carbons (Fsp3) is 0.533. The Morgan fingerprint density at radius 2 is 2.00 bits per heavy atom. The molecular weight excluding hydrogens is 238 g/mol. The van der Waals surface area contributed by atoms with Gasteiger partial charge in [-0.15, -0.1) is 0 Å². The summed E-state index contributed by atoms with van der Waals surface area (Å²) in [4.78, 5) is 11.9. The highest BCUT2D eigenvalue weighted by Crippen LogP contribution is 2.09.